The van der Waals surface area contributed by atoms with Crippen LogP contribution in [-0.2, 0) is 13.2 Å². The van der Waals surface area contributed by atoms with Crippen molar-refractivity contribution in [1.82, 2.24) is 0 Å². The van der Waals surface area contributed by atoms with Gasteiger partial charge in [-0.05, 0) is 35.9 Å². The van der Waals surface area contributed by atoms with Crippen LogP contribution in [0.2, 0.25) is 5.02 Å². The Labute approximate surface area is 122 Å². The second kappa shape index (κ2) is 6.59. The van der Waals surface area contributed by atoms with E-state index in [1.807, 2.05) is 18.2 Å². The zero-order chi connectivity index (χ0) is 14.5. The van der Waals surface area contributed by atoms with Gasteiger partial charge in [-0.2, -0.15) is 0 Å². The molecule has 0 atom stereocenters. The second-order valence-corrected chi connectivity index (χ2v) is 4.62. The van der Waals surface area contributed by atoms with E-state index >= 15 is 0 Å². The van der Waals surface area contributed by atoms with Gasteiger partial charge in [-0.3, -0.25) is 0 Å². The highest BCUT2D eigenvalue weighted by Crippen LogP contribution is 2.27. The molecule has 0 fully saturated rings. The van der Waals surface area contributed by atoms with Crippen LogP contribution in [0.25, 0.3) is 0 Å². The van der Waals surface area contributed by atoms with E-state index in [0.717, 1.165) is 11.1 Å². The third kappa shape index (κ3) is 3.40. The van der Waals surface area contributed by atoms with Crippen molar-refractivity contribution in [2.75, 3.05) is 7.11 Å². The normalized spacial score (nSPS) is 10.4. The monoisotopic (exact) mass is 295 g/mol. The lowest BCUT2D eigenvalue weighted by molar-refractivity contribution is 0.296. The number of benzene rings is 2. The van der Waals surface area contributed by atoms with Crippen LogP contribution in [0.15, 0.2) is 36.4 Å². The molecule has 106 valence electrons. The fourth-order valence-electron chi connectivity index (χ4n) is 1.82. The molecule has 0 amide bonds. The molecule has 0 aliphatic carbocycles. The molecule has 0 aliphatic heterocycles. The summed E-state index contributed by atoms with van der Waals surface area (Å²) in [5.74, 6) is 0.735. The molecule has 0 saturated heterocycles. The number of methoxy groups -OCH3 is 1. The van der Waals surface area contributed by atoms with E-state index in [1.165, 1.54) is 18.2 Å². The second-order valence-electron chi connectivity index (χ2n) is 4.21. The van der Waals surface area contributed by atoms with Crippen molar-refractivity contribution in [2.45, 2.75) is 13.2 Å². The van der Waals surface area contributed by atoms with E-state index in [2.05, 4.69) is 0 Å². The molecule has 0 bridgehead atoms. The number of nitrogens with two attached hydrogens (primary N) is 1. The summed E-state index contributed by atoms with van der Waals surface area (Å²) in [4.78, 5) is 0. The summed E-state index contributed by atoms with van der Waals surface area (Å²) >= 11 is 5.91. The van der Waals surface area contributed by atoms with Gasteiger partial charge in [0.05, 0.1) is 12.1 Å². The Hall–Kier alpha value is -1.78. The molecule has 20 heavy (non-hydrogen) atoms. The number of ether oxygens (including phenoxy) is 2. The predicted molar refractivity (Wildman–Crippen MR) is 76.6 cm³/mol. The fraction of sp³-hybridized carbons (Fsp3) is 0.200. The highest BCUT2D eigenvalue weighted by molar-refractivity contribution is 6.32. The first-order chi connectivity index (χ1) is 9.63. The van der Waals surface area contributed by atoms with E-state index in [9.17, 15) is 4.39 Å². The van der Waals surface area contributed by atoms with E-state index in [1.54, 1.807) is 7.11 Å². The first-order valence-corrected chi connectivity index (χ1v) is 6.45. The van der Waals surface area contributed by atoms with Gasteiger partial charge in [-0.1, -0.05) is 17.7 Å². The predicted octanol–water partition coefficient (Wildman–Crippen LogP) is 3.53. The smallest absolute Gasteiger partial charge is 0.138 e. The average Bonchev–Trinajstić information content (AvgIpc) is 2.46. The Kier molecular flexibility index (Phi) is 4.82. The standard InChI is InChI=1S/C15H15ClFNO2/c1-19-14-4-2-10(8-18)6-11(14)9-20-15-5-3-12(17)7-13(15)16/h2-7H,8-9,18H2,1H3. The van der Waals surface area contributed by atoms with Crippen molar-refractivity contribution < 1.29 is 13.9 Å². The highest BCUT2D eigenvalue weighted by atomic mass is 35.5. The summed E-state index contributed by atoms with van der Waals surface area (Å²) in [5.41, 5.74) is 7.45. The third-order valence-electron chi connectivity index (χ3n) is 2.86. The Morgan fingerprint density at radius 1 is 1.15 bits per heavy atom. The summed E-state index contributed by atoms with van der Waals surface area (Å²) in [7, 11) is 1.59. The van der Waals surface area contributed by atoms with Gasteiger partial charge in [0.1, 0.15) is 23.9 Å². The Bertz CT molecular complexity index is 604. The number of hydrogen-bond acceptors (Lipinski definition) is 3. The molecular formula is C15H15ClFNO2. The maximum absolute atomic E-state index is 13.0. The minimum Gasteiger partial charge on any atom is -0.496 e. The van der Waals surface area contributed by atoms with Gasteiger partial charge in [-0.15, -0.1) is 0 Å². The van der Waals surface area contributed by atoms with E-state index < -0.39 is 5.82 Å². The minimum atomic E-state index is -0.398. The molecule has 2 N–H and O–H groups in total. The van der Waals surface area contributed by atoms with Crippen LogP contribution in [0.5, 0.6) is 11.5 Å². The van der Waals surface area contributed by atoms with Crippen LogP contribution >= 0.6 is 11.6 Å². The molecular weight excluding hydrogens is 281 g/mol. The van der Waals surface area contributed by atoms with Gasteiger partial charge in [-0.25, -0.2) is 4.39 Å². The molecule has 0 unspecified atom stereocenters. The summed E-state index contributed by atoms with van der Waals surface area (Å²) in [6, 6.07) is 9.66. The van der Waals surface area contributed by atoms with Gasteiger partial charge in [0, 0.05) is 12.1 Å². The highest BCUT2D eigenvalue weighted by Gasteiger charge is 2.08. The van der Waals surface area contributed by atoms with Gasteiger partial charge in [0.15, 0.2) is 0 Å². The topological polar surface area (TPSA) is 44.5 Å². The molecule has 2 rings (SSSR count). The quantitative estimate of drug-likeness (QED) is 0.918. The summed E-state index contributed by atoms with van der Waals surface area (Å²) in [5, 5.41) is 0.235. The lowest BCUT2D eigenvalue weighted by Gasteiger charge is -2.12. The van der Waals surface area contributed by atoms with Crippen LogP contribution < -0.4 is 15.2 Å². The Morgan fingerprint density at radius 2 is 1.90 bits per heavy atom. The maximum Gasteiger partial charge on any atom is 0.138 e. The van der Waals surface area contributed by atoms with E-state index in [-0.39, 0.29) is 11.6 Å². The zero-order valence-corrected chi connectivity index (χ0v) is 11.8. The molecule has 0 saturated carbocycles. The number of hydrogen-bond donors (Lipinski definition) is 1. The SMILES string of the molecule is COc1ccc(CN)cc1COc1ccc(F)cc1Cl. The molecule has 0 spiro atoms. The van der Waals surface area contributed by atoms with Crippen molar-refractivity contribution in [3.05, 3.63) is 58.4 Å². The average molecular weight is 296 g/mol. The Balaban J connectivity index is 2.17. The largest absolute Gasteiger partial charge is 0.496 e. The molecule has 2 aromatic carbocycles. The van der Waals surface area contributed by atoms with Crippen molar-refractivity contribution in [3.8, 4) is 11.5 Å². The molecule has 0 aromatic heterocycles. The van der Waals surface area contributed by atoms with Crippen LogP contribution in [0.4, 0.5) is 4.39 Å². The summed E-state index contributed by atoms with van der Waals surface area (Å²) < 4.78 is 23.8. The first-order valence-electron chi connectivity index (χ1n) is 6.07. The van der Waals surface area contributed by atoms with E-state index in [4.69, 9.17) is 26.8 Å². The number of rotatable bonds is 5. The van der Waals surface area contributed by atoms with Crippen molar-refractivity contribution in [1.29, 1.82) is 0 Å². The first kappa shape index (κ1) is 14.6. The van der Waals surface area contributed by atoms with Crippen molar-refractivity contribution in [2.24, 2.45) is 5.73 Å². The van der Waals surface area contributed by atoms with Gasteiger partial charge in [0.2, 0.25) is 0 Å². The van der Waals surface area contributed by atoms with Crippen LogP contribution in [0, 0.1) is 5.82 Å². The lowest BCUT2D eigenvalue weighted by Crippen LogP contribution is -2.02. The fourth-order valence-corrected chi connectivity index (χ4v) is 2.04. The third-order valence-corrected chi connectivity index (χ3v) is 3.15. The van der Waals surface area contributed by atoms with Gasteiger partial charge < -0.3 is 15.2 Å². The Morgan fingerprint density at radius 3 is 2.55 bits per heavy atom. The van der Waals surface area contributed by atoms with Gasteiger partial charge >= 0.3 is 0 Å². The molecule has 3 nitrogen and oxygen atoms in total. The van der Waals surface area contributed by atoms with E-state index in [0.29, 0.717) is 18.0 Å². The van der Waals surface area contributed by atoms with Crippen molar-refractivity contribution >= 4 is 11.6 Å². The lowest BCUT2D eigenvalue weighted by atomic mass is 10.1. The van der Waals surface area contributed by atoms with Crippen LogP contribution in [0.1, 0.15) is 11.1 Å². The minimum absolute atomic E-state index is 0.235. The summed E-state index contributed by atoms with van der Waals surface area (Å²) in [6.45, 7) is 0.705. The zero-order valence-electron chi connectivity index (χ0n) is 11.0. The molecule has 2 aromatic rings. The molecule has 0 aliphatic rings. The van der Waals surface area contributed by atoms with Gasteiger partial charge in [0.25, 0.3) is 0 Å². The van der Waals surface area contributed by atoms with Crippen LogP contribution in [-0.4, -0.2) is 7.11 Å². The van der Waals surface area contributed by atoms with Crippen LogP contribution in [0.3, 0.4) is 0 Å². The van der Waals surface area contributed by atoms with Crippen molar-refractivity contribution in [3.63, 3.8) is 0 Å². The maximum atomic E-state index is 13.0. The molecule has 0 heterocycles. The number of halogens is 2. The summed E-state index contributed by atoms with van der Waals surface area (Å²) in [6.07, 6.45) is 0. The molecule has 5 heteroatoms. The molecule has 0 radical (unpaired) electrons.